The second-order valence-corrected chi connectivity index (χ2v) is 2.92. The molecule has 1 heterocycles. The van der Waals surface area contributed by atoms with Crippen molar-refractivity contribution in [3.8, 4) is 0 Å². The van der Waals surface area contributed by atoms with Crippen molar-refractivity contribution in [1.82, 2.24) is 4.98 Å². The van der Waals surface area contributed by atoms with Crippen LogP contribution in [0.3, 0.4) is 0 Å². The zero-order valence-electron chi connectivity index (χ0n) is 7.66. The number of hydrogen-bond donors (Lipinski definition) is 2. The largest absolute Gasteiger partial charge is 0.423 e. The van der Waals surface area contributed by atoms with Crippen molar-refractivity contribution in [3.63, 3.8) is 0 Å². The number of hydrogen-bond acceptors (Lipinski definition) is 4. The number of aromatic nitrogens is 1. The van der Waals surface area contributed by atoms with Crippen molar-refractivity contribution in [3.05, 3.63) is 30.9 Å². The zero-order chi connectivity index (χ0) is 9.97. The van der Waals surface area contributed by atoms with Gasteiger partial charge < -0.3 is 15.5 Å². The van der Waals surface area contributed by atoms with Gasteiger partial charge in [0.05, 0.1) is 0 Å². The molecule has 2 rings (SSSR count). The van der Waals surface area contributed by atoms with Crippen LogP contribution in [-0.4, -0.2) is 11.5 Å². The molecule has 0 bridgehead atoms. The number of oxazole rings is 1. The fraction of sp³-hybridized carbons (Fsp3) is 0.100. The van der Waals surface area contributed by atoms with Crippen molar-refractivity contribution in [2.45, 2.75) is 0 Å². The lowest BCUT2D eigenvalue weighted by Gasteiger charge is -1.92. The summed E-state index contributed by atoms with van der Waals surface area (Å²) in [5.41, 5.74) is 7.77. The molecule has 0 saturated heterocycles. The predicted octanol–water partition coefficient (Wildman–Crippen LogP) is 2.01. The molecule has 0 aliphatic rings. The molecule has 3 N–H and O–H groups in total. The number of nitrogens with two attached hydrogens (primary N) is 1. The third-order valence-electron chi connectivity index (χ3n) is 1.81. The van der Waals surface area contributed by atoms with Gasteiger partial charge in [-0.2, -0.15) is 4.98 Å². The van der Waals surface area contributed by atoms with Crippen LogP contribution in [0.4, 0.5) is 11.7 Å². The molecule has 1 aromatic carbocycles. The highest BCUT2D eigenvalue weighted by molar-refractivity contribution is 5.78. The molecule has 14 heavy (non-hydrogen) atoms. The molecular weight excluding hydrogens is 178 g/mol. The summed E-state index contributed by atoms with van der Waals surface area (Å²) in [5.74, 6) is 0. The van der Waals surface area contributed by atoms with E-state index in [9.17, 15) is 0 Å². The van der Waals surface area contributed by atoms with Crippen LogP contribution >= 0.6 is 0 Å². The van der Waals surface area contributed by atoms with Gasteiger partial charge >= 0.3 is 0 Å². The fourth-order valence-electron chi connectivity index (χ4n) is 1.18. The summed E-state index contributed by atoms with van der Waals surface area (Å²) >= 11 is 0. The Morgan fingerprint density at radius 2 is 2.43 bits per heavy atom. The molecule has 1 aromatic heterocycles. The number of nitrogens with one attached hydrogen (secondary N) is 1. The Bertz CT molecular complexity index is 461. The van der Waals surface area contributed by atoms with E-state index in [0.717, 1.165) is 5.52 Å². The Morgan fingerprint density at radius 3 is 3.21 bits per heavy atom. The van der Waals surface area contributed by atoms with Gasteiger partial charge in [-0.25, -0.2) is 0 Å². The van der Waals surface area contributed by atoms with Crippen LogP contribution < -0.4 is 11.1 Å². The van der Waals surface area contributed by atoms with Gasteiger partial charge in [0.2, 0.25) is 0 Å². The topological polar surface area (TPSA) is 64.1 Å². The van der Waals surface area contributed by atoms with Gasteiger partial charge in [0, 0.05) is 18.3 Å². The van der Waals surface area contributed by atoms with Crippen LogP contribution in [0.1, 0.15) is 0 Å². The lowest BCUT2D eigenvalue weighted by molar-refractivity contribution is 0.618. The summed E-state index contributed by atoms with van der Waals surface area (Å²) in [6.45, 7) is 4.22. The first-order valence-corrected chi connectivity index (χ1v) is 4.30. The molecule has 0 saturated carbocycles. The second-order valence-electron chi connectivity index (χ2n) is 2.92. The van der Waals surface area contributed by atoms with Gasteiger partial charge in [-0.15, -0.1) is 6.58 Å². The Kier molecular flexibility index (Phi) is 2.10. The standard InChI is InChI=1S/C10H11N3O/c1-2-5-12-10-13-8-4-3-7(11)6-9(8)14-10/h2-4,6H,1,5,11H2,(H,12,13). The van der Waals surface area contributed by atoms with Crippen molar-refractivity contribution >= 4 is 22.8 Å². The lowest BCUT2D eigenvalue weighted by Crippen LogP contribution is -1.96. The summed E-state index contributed by atoms with van der Waals surface area (Å²) in [6, 6.07) is 5.86. The molecule has 0 fully saturated rings. The minimum Gasteiger partial charge on any atom is -0.423 e. The second kappa shape index (κ2) is 3.41. The van der Waals surface area contributed by atoms with Crippen molar-refractivity contribution in [1.29, 1.82) is 0 Å². The SMILES string of the molecule is C=CCNc1nc2ccc(N)cc2o1. The van der Waals surface area contributed by atoms with E-state index in [0.29, 0.717) is 23.8 Å². The lowest BCUT2D eigenvalue weighted by atomic mass is 10.3. The van der Waals surface area contributed by atoms with Gasteiger partial charge in [-0.05, 0) is 12.1 Å². The summed E-state index contributed by atoms with van der Waals surface area (Å²) < 4.78 is 5.40. The molecule has 0 spiro atoms. The molecular formula is C10H11N3O. The smallest absolute Gasteiger partial charge is 0.295 e. The Labute approximate surface area is 81.4 Å². The first kappa shape index (κ1) is 8.62. The van der Waals surface area contributed by atoms with Crippen molar-refractivity contribution in [2.75, 3.05) is 17.6 Å². The van der Waals surface area contributed by atoms with Crippen LogP contribution in [0.15, 0.2) is 35.3 Å². The number of fused-ring (bicyclic) bond motifs is 1. The van der Waals surface area contributed by atoms with Crippen LogP contribution in [0.25, 0.3) is 11.1 Å². The maximum Gasteiger partial charge on any atom is 0.295 e. The van der Waals surface area contributed by atoms with E-state index in [2.05, 4.69) is 16.9 Å². The van der Waals surface area contributed by atoms with E-state index < -0.39 is 0 Å². The van der Waals surface area contributed by atoms with Crippen LogP contribution in [0, 0.1) is 0 Å². The maximum atomic E-state index is 5.61. The molecule has 0 unspecified atom stereocenters. The highest BCUT2D eigenvalue weighted by Gasteiger charge is 2.03. The minimum atomic E-state index is 0.491. The minimum absolute atomic E-state index is 0.491. The number of nitrogen functional groups attached to an aromatic ring is 1. The van der Waals surface area contributed by atoms with Crippen molar-refractivity contribution in [2.24, 2.45) is 0 Å². The van der Waals surface area contributed by atoms with Gasteiger partial charge in [-0.1, -0.05) is 6.08 Å². The van der Waals surface area contributed by atoms with Crippen LogP contribution in [0.2, 0.25) is 0 Å². The molecule has 0 amide bonds. The Balaban J connectivity index is 2.36. The summed E-state index contributed by atoms with van der Waals surface area (Å²) in [6.07, 6.45) is 1.74. The summed E-state index contributed by atoms with van der Waals surface area (Å²) in [5, 5.41) is 2.97. The van der Waals surface area contributed by atoms with E-state index in [1.807, 2.05) is 6.07 Å². The quantitative estimate of drug-likeness (QED) is 0.572. The van der Waals surface area contributed by atoms with E-state index in [4.69, 9.17) is 10.2 Å². The molecule has 0 atom stereocenters. The van der Waals surface area contributed by atoms with Gasteiger partial charge in [-0.3, -0.25) is 0 Å². The fourth-order valence-corrected chi connectivity index (χ4v) is 1.18. The van der Waals surface area contributed by atoms with E-state index in [1.54, 1.807) is 18.2 Å². The number of anilines is 2. The first-order chi connectivity index (χ1) is 6.79. The van der Waals surface area contributed by atoms with E-state index in [1.165, 1.54) is 0 Å². The van der Waals surface area contributed by atoms with Crippen LogP contribution in [0.5, 0.6) is 0 Å². The molecule has 4 heteroatoms. The summed E-state index contributed by atoms with van der Waals surface area (Å²) in [4.78, 5) is 4.21. The van der Waals surface area contributed by atoms with E-state index >= 15 is 0 Å². The summed E-state index contributed by atoms with van der Waals surface area (Å²) in [7, 11) is 0. The van der Waals surface area contributed by atoms with Gasteiger partial charge in [0.25, 0.3) is 6.01 Å². The highest BCUT2D eigenvalue weighted by atomic mass is 16.4. The van der Waals surface area contributed by atoms with Gasteiger partial charge in [0.15, 0.2) is 5.58 Å². The molecule has 2 aromatic rings. The maximum absolute atomic E-state index is 5.61. The third kappa shape index (κ3) is 1.54. The molecule has 0 radical (unpaired) electrons. The third-order valence-corrected chi connectivity index (χ3v) is 1.81. The monoisotopic (exact) mass is 189 g/mol. The molecule has 0 aliphatic heterocycles. The molecule has 4 nitrogen and oxygen atoms in total. The zero-order valence-corrected chi connectivity index (χ0v) is 7.66. The number of benzene rings is 1. The molecule has 72 valence electrons. The van der Waals surface area contributed by atoms with Crippen molar-refractivity contribution < 1.29 is 4.42 Å². The molecule has 0 aliphatic carbocycles. The number of nitrogens with zero attached hydrogens (tertiary/aromatic N) is 1. The number of rotatable bonds is 3. The van der Waals surface area contributed by atoms with Gasteiger partial charge in [0.1, 0.15) is 5.52 Å². The normalized spacial score (nSPS) is 10.3. The van der Waals surface area contributed by atoms with Crippen LogP contribution in [-0.2, 0) is 0 Å². The average molecular weight is 189 g/mol. The van der Waals surface area contributed by atoms with E-state index in [-0.39, 0.29) is 0 Å². The highest BCUT2D eigenvalue weighted by Crippen LogP contribution is 2.20. The average Bonchev–Trinajstić information content (AvgIpc) is 2.56. The predicted molar refractivity (Wildman–Crippen MR) is 57.1 cm³/mol. The Morgan fingerprint density at radius 1 is 1.57 bits per heavy atom. The first-order valence-electron chi connectivity index (χ1n) is 4.30. The Hall–Kier alpha value is -1.97.